The smallest absolute Gasteiger partial charge is 0.261 e. The normalized spacial score (nSPS) is 15.0. The van der Waals surface area contributed by atoms with Crippen molar-refractivity contribution in [2.45, 2.75) is 45.2 Å². The van der Waals surface area contributed by atoms with Gasteiger partial charge in [-0.3, -0.25) is 4.68 Å². The van der Waals surface area contributed by atoms with Gasteiger partial charge < -0.3 is 9.84 Å². The average molecular weight is 324 g/mol. The first-order chi connectivity index (χ1) is 11.8. The lowest BCUT2D eigenvalue weighted by molar-refractivity contribution is 0.425. The molecule has 0 bridgehead atoms. The summed E-state index contributed by atoms with van der Waals surface area (Å²) in [5.74, 6) is 1.80. The quantitative estimate of drug-likeness (QED) is 0.775. The minimum Gasteiger partial charge on any atom is -0.364 e. The van der Waals surface area contributed by atoms with E-state index in [4.69, 9.17) is 4.52 Å². The largest absolute Gasteiger partial charge is 0.364 e. The van der Waals surface area contributed by atoms with Gasteiger partial charge >= 0.3 is 0 Å². The monoisotopic (exact) mass is 324 g/mol. The van der Waals surface area contributed by atoms with E-state index in [2.05, 4.69) is 42.5 Å². The summed E-state index contributed by atoms with van der Waals surface area (Å²) in [5, 5.41) is 11.9. The van der Waals surface area contributed by atoms with Crippen LogP contribution in [-0.4, -0.2) is 24.9 Å². The summed E-state index contributed by atoms with van der Waals surface area (Å²) < 4.78 is 7.36. The maximum Gasteiger partial charge on any atom is 0.261 e. The van der Waals surface area contributed by atoms with Crippen LogP contribution in [0.4, 0.5) is 5.82 Å². The van der Waals surface area contributed by atoms with Crippen molar-refractivity contribution in [3.8, 4) is 11.5 Å². The van der Waals surface area contributed by atoms with Gasteiger partial charge in [0, 0.05) is 12.4 Å². The van der Waals surface area contributed by atoms with Crippen LogP contribution < -0.4 is 5.32 Å². The number of anilines is 1. The Morgan fingerprint density at radius 3 is 2.96 bits per heavy atom. The van der Waals surface area contributed by atoms with Crippen LogP contribution in [0.25, 0.3) is 11.5 Å². The number of aryl methyl sites for hydroxylation is 1. The minimum absolute atomic E-state index is 0.472. The number of rotatable bonds is 5. The molecular formula is C17H20N6O. The predicted molar refractivity (Wildman–Crippen MR) is 89.3 cm³/mol. The molecule has 3 aromatic heterocycles. The van der Waals surface area contributed by atoms with Crippen LogP contribution in [0, 0.1) is 6.92 Å². The van der Waals surface area contributed by atoms with E-state index in [0.717, 1.165) is 17.1 Å². The highest BCUT2D eigenvalue weighted by molar-refractivity contribution is 5.68. The average Bonchev–Trinajstić information content (AvgIpc) is 3.34. The highest BCUT2D eigenvalue weighted by atomic mass is 16.5. The molecule has 1 N–H and O–H groups in total. The van der Waals surface area contributed by atoms with E-state index in [9.17, 15) is 0 Å². The van der Waals surface area contributed by atoms with Gasteiger partial charge in [-0.2, -0.15) is 10.1 Å². The molecule has 0 aliphatic heterocycles. The molecule has 7 nitrogen and oxygen atoms in total. The van der Waals surface area contributed by atoms with Crippen molar-refractivity contribution in [2.24, 2.45) is 0 Å². The molecule has 1 aliphatic rings. The highest BCUT2D eigenvalue weighted by Gasteiger charge is 2.18. The molecule has 1 fully saturated rings. The molecule has 1 saturated carbocycles. The predicted octanol–water partition coefficient (Wildman–Crippen LogP) is 3.36. The molecule has 0 spiro atoms. The Morgan fingerprint density at radius 2 is 2.17 bits per heavy atom. The summed E-state index contributed by atoms with van der Waals surface area (Å²) in [6.45, 7) is 2.41. The van der Waals surface area contributed by atoms with Gasteiger partial charge in [-0.1, -0.05) is 18.0 Å². The van der Waals surface area contributed by atoms with Crippen molar-refractivity contribution < 1.29 is 4.52 Å². The second-order valence-corrected chi connectivity index (χ2v) is 6.13. The zero-order valence-electron chi connectivity index (χ0n) is 13.6. The Labute approximate surface area is 140 Å². The standard InChI is InChI=1S/C17H20N6O/c1-12-20-17(24-22-12)15-7-4-9-18-16(15)19-11-13-8-10-23(21-13)14-5-2-3-6-14/h4,7-10,14H,2-3,5-6,11H2,1H3,(H,18,19). The van der Waals surface area contributed by atoms with Gasteiger partial charge in [-0.25, -0.2) is 4.98 Å². The van der Waals surface area contributed by atoms with Gasteiger partial charge in [0.25, 0.3) is 5.89 Å². The molecule has 4 rings (SSSR count). The number of hydrogen-bond donors (Lipinski definition) is 1. The Kier molecular flexibility index (Phi) is 3.98. The van der Waals surface area contributed by atoms with E-state index in [1.54, 1.807) is 13.1 Å². The fourth-order valence-electron chi connectivity index (χ4n) is 3.14. The SMILES string of the molecule is Cc1noc(-c2cccnc2NCc2ccn(C3CCCC3)n2)n1. The van der Waals surface area contributed by atoms with Gasteiger partial charge in [0.1, 0.15) is 5.82 Å². The summed E-state index contributed by atoms with van der Waals surface area (Å²) in [4.78, 5) is 8.67. The lowest BCUT2D eigenvalue weighted by atomic mass is 10.2. The van der Waals surface area contributed by atoms with E-state index in [1.807, 2.05) is 12.1 Å². The van der Waals surface area contributed by atoms with E-state index in [-0.39, 0.29) is 0 Å². The van der Waals surface area contributed by atoms with E-state index < -0.39 is 0 Å². The maximum atomic E-state index is 5.25. The lowest BCUT2D eigenvalue weighted by Gasteiger charge is -2.09. The van der Waals surface area contributed by atoms with Crippen molar-refractivity contribution in [1.82, 2.24) is 24.9 Å². The summed E-state index contributed by atoms with van der Waals surface area (Å²) in [6, 6.07) is 6.39. The lowest BCUT2D eigenvalue weighted by Crippen LogP contribution is -2.08. The van der Waals surface area contributed by atoms with Gasteiger partial charge in [0.05, 0.1) is 23.8 Å². The third-order valence-corrected chi connectivity index (χ3v) is 4.37. The molecule has 124 valence electrons. The fourth-order valence-corrected chi connectivity index (χ4v) is 3.14. The molecule has 0 aromatic carbocycles. The summed E-state index contributed by atoms with van der Waals surface area (Å²) in [5.41, 5.74) is 1.80. The van der Waals surface area contributed by atoms with Crippen LogP contribution >= 0.6 is 0 Å². The summed E-state index contributed by atoms with van der Waals surface area (Å²) >= 11 is 0. The van der Waals surface area contributed by atoms with Crippen LogP contribution in [-0.2, 0) is 6.54 Å². The Morgan fingerprint density at radius 1 is 1.29 bits per heavy atom. The van der Waals surface area contributed by atoms with Gasteiger partial charge in [0.2, 0.25) is 0 Å². The maximum absolute atomic E-state index is 5.25. The molecule has 7 heteroatoms. The van der Waals surface area contributed by atoms with Crippen LogP contribution in [0.2, 0.25) is 0 Å². The zero-order chi connectivity index (χ0) is 16.4. The molecule has 3 heterocycles. The fraction of sp³-hybridized carbons (Fsp3) is 0.412. The number of nitrogens with zero attached hydrogens (tertiary/aromatic N) is 5. The molecule has 0 amide bonds. The van der Waals surface area contributed by atoms with Crippen molar-refractivity contribution in [1.29, 1.82) is 0 Å². The molecule has 3 aromatic rings. The van der Waals surface area contributed by atoms with E-state index in [0.29, 0.717) is 24.3 Å². The van der Waals surface area contributed by atoms with Crippen molar-refractivity contribution in [3.05, 3.63) is 42.1 Å². The topological polar surface area (TPSA) is 81.7 Å². The van der Waals surface area contributed by atoms with Gasteiger partial charge in [0.15, 0.2) is 5.82 Å². The minimum atomic E-state index is 0.472. The highest BCUT2D eigenvalue weighted by Crippen LogP contribution is 2.29. The summed E-state index contributed by atoms with van der Waals surface area (Å²) in [6.07, 6.45) is 8.89. The second-order valence-electron chi connectivity index (χ2n) is 6.13. The second kappa shape index (κ2) is 6.43. The third kappa shape index (κ3) is 3.02. The Bertz CT molecular complexity index is 818. The van der Waals surface area contributed by atoms with Crippen LogP contribution in [0.1, 0.15) is 43.2 Å². The van der Waals surface area contributed by atoms with Crippen LogP contribution in [0.5, 0.6) is 0 Å². The van der Waals surface area contributed by atoms with E-state index in [1.165, 1.54) is 25.7 Å². The van der Waals surface area contributed by atoms with Crippen LogP contribution in [0.15, 0.2) is 35.1 Å². The molecule has 0 atom stereocenters. The summed E-state index contributed by atoms with van der Waals surface area (Å²) in [7, 11) is 0. The van der Waals surface area contributed by atoms with Crippen LogP contribution in [0.3, 0.4) is 0 Å². The molecule has 0 unspecified atom stereocenters. The molecular weight excluding hydrogens is 304 g/mol. The number of nitrogens with one attached hydrogen (secondary N) is 1. The van der Waals surface area contributed by atoms with Crippen molar-refractivity contribution in [3.63, 3.8) is 0 Å². The molecule has 0 saturated heterocycles. The first kappa shape index (κ1) is 14.9. The van der Waals surface area contributed by atoms with Gasteiger partial charge in [-0.15, -0.1) is 0 Å². The zero-order valence-corrected chi connectivity index (χ0v) is 13.6. The van der Waals surface area contributed by atoms with Gasteiger partial charge in [-0.05, 0) is 38.0 Å². The number of hydrogen-bond acceptors (Lipinski definition) is 6. The third-order valence-electron chi connectivity index (χ3n) is 4.37. The molecule has 24 heavy (non-hydrogen) atoms. The molecule has 0 radical (unpaired) electrons. The molecule has 1 aliphatic carbocycles. The Balaban J connectivity index is 1.48. The number of pyridine rings is 1. The van der Waals surface area contributed by atoms with E-state index >= 15 is 0 Å². The van der Waals surface area contributed by atoms with Crippen molar-refractivity contribution in [2.75, 3.05) is 5.32 Å². The first-order valence-electron chi connectivity index (χ1n) is 8.33. The first-order valence-corrected chi connectivity index (χ1v) is 8.33. The number of aromatic nitrogens is 5. The Hall–Kier alpha value is -2.70. The van der Waals surface area contributed by atoms with Crippen molar-refractivity contribution >= 4 is 5.82 Å².